The normalized spacial score (nSPS) is 40.7. The lowest BCUT2D eigenvalue weighted by molar-refractivity contribution is -0.174. The molecule has 4 fully saturated rings. The second-order valence-electron chi connectivity index (χ2n) is 13.6. The van der Waals surface area contributed by atoms with E-state index in [0.29, 0.717) is 36.0 Å². The number of primary sulfonamides is 1. The Morgan fingerprint density at radius 2 is 1.87 bits per heavy atom. The largest absolute Gasteiger partial charge is 0.393 e. The maximum Gasteiger partial charge on any atom is 0.240 e. The summed E-state index contributed by atoms with van der Waals surface area (Å²) in [5.74, 6) is 1.50. The quantitative estimate of drug-likeness (QED) is 0.394. The number of aliphatic hydroxyl groups is 2. The minimum Gasteiger partial charge on any atom is -0.393 e. The van der Waals surface area contributed by atoms with Crippen molar-refractivity contribution in [1.29, 1.82) is 0 Å². The molecule has 1 amide bonds. The van der Waals surface area contributed by atoms with Gasteiger partial charge in [-0.05, 0) is 122 Å². The lowest BCUT2D eigenvalue weighted by atomic mass is 9.43. The van der Waals surface area contributed by atoms with E-state index in [1.807, 2.05) is 0 Å². The Hall–Kier alpha value is -1.55. The molecule has 10 atom stereocenters. The number of fused-ring (bicyclic) bond motifs is 5. The van der Waals surface area contributed by atoms with Crippen LogP contribution in [0.4, 0.5) is 10.1 Å². The Labute approximate surface area is 232 Å². The Bertz CT molecular complexity index is 1210. The number of hydrogen-bond acceptors (Lipinski definition) is 5. The van der Waals surface area contributed by atoms with Crippen molar-refractivity contribution in [1.82, 2.24) is 0 Å². The summed E-state index contributed by atoms with van der Waals surface area (Å²) < 4.78 is 37.0. The van der Waals surface area contributed by atoms with Gasteiger partial charge < -0.3 is 15.5 Å². The molecule has 5 N–H and O–H groups in total. The van der Waals surface area contributed by atoms with Crippen LogP contribution in [-0.2, 0) is 14.8 Å². The van der Waals surface area contributed by atoms with Crippen LogP contribution >= 0.6 is 0 Å². The molecule has 0 spiro atoms. The first-order valence-electron chi connectivity index (χ1n) is 14.7. The molecule has 9 heteroatoms. The van der Waals surface area contributed by atoms with Crippen molar-refractivity contribution in [2.24, 2.45) is 51.5 Å². The van der Waals surface area contributed by atoms with Crippen molar-refractivity contribution in [2.75, 3.05) is 5.32 Å². The number of nitrogens with one attached hydrogen (secondary N) is 1. The first-order chi connectivity index (χ1) is 18.2. The van der Waals surface area contributed by atoms with Gasteiger partial charge in [-0.15, -0.1) is 0 Å². The molecule has 0 bridgehead atoms. The predicted octanol–water partition coefficient (Wildman–Crippen LogP) is 4.82. The number of anilines is 1. The van der Waals surface area contributed by atoms with Gasteiger partial charge in [0, 0.05) is 12.1 Å². The first kappa shape index (κ1) is 29.0. The molecule has 4 aliphatic carbocycles. The van der Waals surface area contributed by atoms with Gasteiger partial charge >= 0.3 is 0 Å². The van der Waals surface area contributed by atoms with Crippen molar-refractivity contribution in [3.05, 3.63) is 24.0 Å². The summed E-state index contributed by atoms with van der Waals surface area (Å²) in [6, 6.07) is 3.37. The Morgan fingerprint density at radius 3 is 2.56 bits per heavy atom. The standard InChI is InChI=1S/C30H45FN2O5S/c1-17(4-11-28(36)33-19-6-10-26(25(31)15-19)39(32,37)38)22-8-9-23-21-7-5-18-14-20(34)12-13-29(18,2)24(21)16-27(35)30(22,23)3/h6,10,15,17-18,20-24,27,34-35H,4-5,7-9,11-14,16H2,1-3H3,(H,33,36)(H2,32,37,38)/t17-,18-,20-,21+,22-,23+,24+,27+,29+,30-/m1/s1. The molecule has 0 radical (unpaired) electrons. The SMILES string of the molecule is C[C@H](CCC(=O)Nc1ccc(S(N)(=O)=O)c(F)c1)[C@H]1CC[C@H]2[C@@H]3CC[C@@H]4C[C@H](O)CC[C@]4(C)[C@H]3C[C@H](O)[C@]12C. The summed E-state index contributed by atoms with van der Waals surface area (Å²) in [5.41, 5.74) is 0.234. The second-order valence-corrected chi connectivity index (χ2v) is 15.2. The van der Waals surface area contributed by atoms with E-state index in [1.165, 1.54) is 18.9 Å². The van der Waals surface area contributed by atoms with Crippen molar-refractivity contribution < 1.29 is 27.8 Å². The van der Waals surface area contributed by atoms with Crippen molar-refractivity contribution in [2.45, 2.75) is 102 Å². The zero-order valence-corrected chi connectivity index (χ0v) is 24.2. The van der Waals surface area contributed by atoms with Crippen LogP contribution in [0, 0.1) is 52.2 Å². The molecular formula is C30H45FN2O5S. The lowest BCUT2D eigenvalue weighted by Crippen LogP contribution is -2.58. The number of aliphatic hydroxyl groups excluding tert-OH is 2. The van der Waals surface area contributed by atoms with Crippen molar-refractivity contribution in [3.63, 3.8) is 0 Å². The summed E-state index contributed by atoms with van der Waals surface area (Å²) in [5, 5.41) is 29.7. The van der Waals surface area contributed by atoms with E-state index in [9.17, 15) is 27.8 Å². The third-order valence-electron chi connectivity index (χ3n) is 11.9. The lowest BCUT2D eigenvalue weighted by Gasteiger charge is -2.62. The molecule has 1 aromatic carbocycles. The van der Waals surface area contributed by atoms with Gasteiger partial charge in [-0.1, -0.05) is 20.8 Å². The van der Waals surface area contributed by atoms with E-state index >= 15 is 0 Å². The average molecular weight is 565 g/mol. The predicted molar refractivity (Wildman–Crippen MR) is 147 cm³/mol. The topological polar surface area (TPSA) is 130 Å². The van der Waals surface area contributed by atoms with Gasteiger partial charge in [-0.3, -0.25) is 4.79 Å². The molecule has 1 aromatic rings. The van der Waals surface area contributed by atoms with Gasteiger partial charge in [-0.25, -0.2) is 17.9 Å². The van der Waals surface area contributed by atoms with Crippen LogP contribution in [0.3, 0.4) is 0 Å². The van der Waals surface area contributed by atoms with Gasteiger partial charge in [0.1, 0.15) is 10.7 Å². The summed E-state index contributed by atoms with van der Waals surface area (Å²) in [6.07, 6.45) is 8.61. The highest BCUT2D eigenvalue weighted by molar-refractivity contribution is 7.89. The molecule has 0 saturated heterocycles. The number of benzene rings is 1. The van der Waals surface area contributed by atoms with E-state index < -0.39 is 20.7 Å². The molecule has 218 valence electrons. The molecule has 0 aliphatic heterocycles. The van der Waals surface area contributed by atoms with Crippen LogP contribution in [0.1, 0.15) is 85.0 Å². The number of halogens is 1. The van der Waals surface area contributed by atoms with Gasteiger partial charge in [0.2, 0.25) is 15.9 Å². The monoisotopic (exact) mass is 564 g/mol. The smallest absolute Gasteiger partial charge is 0.240 e. The molecule has 39 heavy (non-hydrogen) atoms. The highest BCUT2D eigenvalue weighted by Crippen LogP contribution is 2.68. The Balaban J connectivity index is 1.23. The minimum atomic E-state index is -4.17. The molecule has 0 aromatic heterocycles. The van der Waals surface area contributed by atoms with Crippen LogP contribution in [0.25, 0.3) is 0 Å². The molecule has 5 rings (SSSR count). The van der Waals surface area contributed by atoms with Crippen LogP contribution in [0.5, 0.6) is 0 Å². The zero-order valence-electron chi connectivity index (χ0n) is 23.4. The number of carbonyl (C=O) groups excluding carboxylic acids is 1. The fourth-order valence-corrected chi connectivity index (χ4v) is 10.3. The van der Waals surface area contributed by atoms with E-state index in [4.69, 9.17) is 5.14 Å². The summed E-state index contributed by atoms with van der Waals surface area (Å²) in [4.78, 5) is 12.1. The number of carbonyl (C=O) groups is 1. The number of rotatable bonds is 6. The summed E-state index contributed by atoms with van der Waals surface area (Å²) in [7, 11) is -4.17. The van der Waals surface area contributed by atoms with E-state index in [0.717, 1.165) is 50.7 Å². The van der Waals surface area contributed by atoms with Gasteiger partial charge in [0.25, 0.3) is 0 Å². The average Bonchev–Trinajstić information content (AvgIpc) is 3.22. The molecule has 4 saturated carbocycles. The van der Waals surface area contributed by atoms with Gasteiger partial charge in [0.05, 0.1) is 12.2 Å². The van der Waals surface area contributed by atoms with Gasteiger partial charge in [-0.2, -0.15) is 0 Å². The highest BCUT2D eigenvalue weighted by Gasteiger charge is 2.63. The number of nitrogens with two attached hydrogens (primary N) is 1. The number of sulfonamides is 1. The Morgan fingerprint density at radius 1 is 1.13 bits per heavy atom. The number of hydrogen-bond donors (Lipinski definition) is 4. The van der Waals surface area contributed by atoms with Gasteiger partial charge in [0.15, 0.2) is 0 Å². The molecule has 4 aliphatic rings. The fourth-order valence-electron chi connectivity index (χ4n) is 9.75. The van der Waals surface area contributed by atoms with E-state index in [1.54, 1.807) is 0 Å². The highest BCUT2D eigenvalue weighted by atomic mass is 32.2. The summed E-state index contributed by atoms with van der Waals surface area (Å²) >= 11 is 0. The summed E-state index contributed by atoms with van der Waals surface area (Å²) in [6.45, 7) is 6.91. The fraction of sp³-hybridized carbons (Fsp3) is 0.767. The van der Waals surface area contributed by atoms with Crippen LogP contribution < -0.4 is 10.5 Å². The van der Waals surface area contributed by atoms with Crippen LogP contribution in [-0.4, -0.2) is 36.7 Å². The van der Waals surface area contributed by atoms with Crippen LogP contribution in [0.2, 0.25) is 0 Å². The van der Waals surface area contributed by atoms with Crippen molar-refractivity contribution in [3.8, 4) is 0 Å². The minimum absolute atomic E-state index is 0.166. The van der Waals surface area contributed by atoms with E-state index in [-0.39, 0.29) is 47.0 Å². The molecular weight excluding hydrogens is 519 g/mol. The van der Waals surface area contributed by atoms with Crippen molar-refractivity contribution >= 4 is 21.6 Å². The number of amides is 1. The first-order valence-corrected chi connectivity index (χ1v) is 16.3. The molecule has 7 nitrogen and oxygen atoms in total. The molecule has 0 heterocycles. The Kier molecular flexibility index (Phi) is 7.70. The molecule has 0 unspecified atom stereocenters. The third-order valence-corrected chi connectivity index (χ3v) is 12.8. The van der Waals surface area contributed by atoms with E-state index in [2.05, 4.69) is 26.1 Å². The zero-order chi connectivity index (χ0) is 28.3. The third kappa shape index (κ3) is 5.06. The second kappa shape index (κ2) is 10.4. The maximum absolute atomic E-state index is 14.2. The van der Waals surface area contributed by atoms with Crippen LogP contribution in [0.15, 0.2) is 23.1 Å². The maximum atomic E-state index is 14.2.